The molecule has 1 aromatic carbocycles. The molecule has 0 saturated carbocycles. The third-order valence-electron chi connectivity index (χ3n) is 2.75. The number of hydrogen-bond donors (Lipinski definition) is 1. The summed E-state index contributed by atoms with van der Waals surface area (Å²) >= 11 is 3.49. The van der Waals surface area contributed by atoms with Gasteiger partial charge in [-0.25, -0.2) is 8.42 Å². The van der Waals surface area contributed by atoms with Crippen LogP contribution in [0.2, 0.25) is 0 Å². The molecule has 18 heavy (non-hydrogen) atoms. The maximum absolute atomic E-state index is 11.6. The Labute approximate surface area is 118 Å². The maximum atomic E-state index is 11.6. The summed E-state index contributed by atoms with van der Waals surface area (Å²) in [6, 6.07) is 8.10. The molecule has 1 atom stereocenters. The van der Waals surface area contributed by atoms with Crippen LogP contribution in [0.15, 0.2) is 28.7 Å². The van der Waals surface area contributed by atoms with Crippen molar-refractivity contribution in [2.75, 3.05) is 18.1 Å². The fourth-order valence-electron chi connectivity index (χ4n) is 1.78. The van der Waals surface area contributed by atoms with E-state index in [2.05, 4.69) is 21.2 Å². The van der Waals surface area contributed by atoms with Gasteiger partial charge in [-0.15, -0.1) is 0 Å². The summed E-state index contributed by atoms with van der Waals surface area (Å²) in [7, 11) is -2.89. The van der Waals surface area contributed by atoms with Gasteiger partial charge in [-0.1, -0.05) is 41.1 Å². The highest BCUT2D eigenvalue weighted by Gasteiger charge is 2.11. The molecular formula is C13H20BrNO2S. The van der Waals surface area contributed by atoms with Crippen LogP contribution in [0.3, 0.4) is 0 Å². The third-order valence-corrected chi connectivity index (χ3v) is 5.33. The number of benzene rings is 1. The molecule has 0 aliphatic carbocycles. The van der Waals surface area contributed by atoms with Crippen LogP contribution in [0, 0.1) is 0 Å². The summed E-state index contributed by atoms with van der Waals surface area (Å²) in [5.41, 5.74) is 1.14. The Morgan fingerprint density at radius 3 is 2.56 bits per heavy atom. The van der Waals surface area contributed by atoms with Crippen LogP contribution in [0.1, 0.15) is 31.9 Å². The minimum Gasteiger partial charge on any atom is -0.309 e. The molecule has 0 spiro atoms. The quantitative estimate of drug-likeness (QED) is 0.834. The van der Waals surface area contributed by atoms with Crippen molar-refractivity contribution in [3.63, 3.8) is 0 Å². The van der Waals surface area contributed by atoms with E-state index in [1.54, 1.807) is 0 Å². The van der Waals surface area contributed by atoms with E-state index in [-0.39, 0.29) is 17.5 Å². The number of nitrogens with one attached hydrogen (secondary N) is 1. The summed E-state index contributed by atoms with van der Waals surface area (Å²) in [5, 5.41) is 3.25. The molecule has 1 aromatic rings. The first kappa shape index (κ1) is 15.7. The minimum absolute atomic E-state index is 0.136. The van der Waals surface area contributed by atoms with Crippen LogP contribution >= 0.6 is 15.9 Å². The second kappa shape index (κ2) is 7.26. The van der Waals surface area contributed by atoms with Crippen LogP contribution in [-0.2, 0) is 9.84 Å². The van der Waals surface area contributed by atoms with Crippen molar-refractivity contribution in [3.05, 3.63) is 34.3 Å². The zero-order valence-corrected chi connectivity index (χ0v) is 13.2. The molecule has 0 aromatic heterocycles. The second-order valence-electron chi connectivity index (χ2n) is 4.35. The Morgan fingerprint density at radius 1 is 1.28 bits per heavy atom. The highest BCUT2D eigenvalue weighted by atomic mass is 79.9. The van der Waals surface area contributed by atoms with Crippen molar-refractivity contribution in [2.24, 2.45) is 0 Å². The third kappa shape index (κ3) is 5.08. The van der Waals surface area contributed by atoms with Crippen LogP contribution in [0.5, 0.6) is 0 Å². The molecule has 3 nitrogen and oxygen atoms in total. The van der Waals surface area contributed by atoms with Crippen molar-refractivity contribution in [1.82, 2.24) is 5.32 Å². The molecule has 102 valence electrons. The van der Waals surface area contributed by atoms with E-state index in [1.165, 1.54) is 0 Å². The Balaban J connectivity index is 2.48. The molecule has 1 rings (SSSR count). The van der Waals surface area contributed by atoms with E-state index < -0.39 is 9.84 Å². The van der Waals surface area contributed by atoms with Crippen LogP contribution in [-0.4, -0.2) is 26.5 Å². The van der Waals surface area contributed by atoms with E-state index in [9.17, 15) is 8.42 Å². The normalized spacial score (nSPS) is 13.5. The van der Waals surface area contributed by atoms with Gasteiger partial charge in [0.25, 0.3) is 0 Å². The van der Waals surface area contributed by atoms with Crippen molar-refractivity contribution < 1.29 is 8.42 Å². The van der Waals surface area contributed by atoms with Crippen molar-refractivity contribution in [3.8, 4) is 0 Å². The number of sulfone groups is 1. The first-order valence-electron chi connectivity index (χ1n) is 6.14. The van der Waals surface area contributed by atoms with Gasteiger partial charge in [-0.3, -0.25) is 0 Å². The lowest BCUT2D eigenvalue weighted by molar-refractivity contribution is 0.570. The van der Waals surface area contributed by atoms with Gasteiger partial charge in [0, 0.05) is 22.8 Å². The maximum Gasteiger partial charge on any atom is 0.151 e. The summed E-state index contributed by atoms with van der Waals surface area (Å²) in [6.45, 7) is 4.41. The summed E-state index contributed by atoms with van der Waals surface area (Å²) in [4.78, 5) is 0. The predicted octanol–water partition coefficient (Wildman–Crippen LogP) is 2.92. The fourth-order valence-corrected chi connectivity index (χ4v) is 3.66. The first-order chi connectivity index (χ1) is 8.46. The van der Waals surface area contributed by atoms with Crippen molar-refractivity contribution in [1.29, 1.82) is 0 Å². The lowest BCUT2D eigenvalue weighted by atomic mass is 10.1. The second-order valence-corrected chi connectivity index (χ2v) is 7.51. The van der Waals surface area contributed by atoms with Gasteiger partial charge in [-0.05, 0) is 25.0 Å². The predicted molar refractivity (Wildman–Crippen MR) is 79.5 cm³/mol. The monoisotopic (exact) mass is 333 g/mol. The van der Waals surface area contributed by atoms with E-state index in [0.717, 1.165) is 10.0 Å². The summed E-state index contributed by atoms with van der Waals surface area (Å²) < 4.78 is 24.2. The first-order valence-corrected chi connectivity index (χ1v) is 8.76. The summed E-state index contributed by atoms with van der Waals surface area (Å²) in [5.74, 6) is 0.480. The zero-order chi connectivity index (χ0) is 13.6. The lowest BCUT2D eigenvalue weighted by Crippen LogP contribution is -2.26. The fraction of sp³-hybridized carbons (Fsp3) is 0.538. The smallest absolute Gasteiger partial charge is 0.151 e. The van der Waals surface area contributed by atoms with Crippen molar-refractivity contribution >= 4 is 25.8 Å². The van der Waals surface area contributed by atoms with E-state index in [4.69, 9.17) is 0 Å². The van der Waals surface area contributed by atoms with Gasteiger partial charge in [0.2, 0.25) is 0 Å². The molecule has 0 heterocycles. The molecule has 0 bridgehead atoms. The standard InChI is InChI=1S/C13H20BrNO2S/c1-3-9-18(16,17)10-8-15-11(2)12-6-4-5-7-13(12)14/h4-7,11,15H,3,8-10H2,1-2H3/t11-/m0/s1. The van der Waals surface area contributed by atoms with Gasteiger partial charge in [0.15, 0.2) is 9.84 Å². The Morgan fingerprint density at radius 2 is 1.94 bits per heavy atom. The molecule has 0 aliphatic rings. The highest BCUT2D eigenvalue weighted by molar-refractivity contribution is 9.10. The molecular weight excluding hydrogens is 314 g/mol. The molecule has 5 heteroatoms. The van der Waals surface area contributed by atoms with Gasteiger partial charge in [0.1, 0.15) is 0 Å². The molecule has 0 saturated heterocycles. The molecule has 0 unspecified atom stereocenters. The largest absolute Gasteiger partial charge is 0.309 e. The summed E-state index contributed by atoms with van der Waals surface area (Å²) in [6.07, 6.45) is 0.683. The number of rotatable bonds is 7. The minimum atomic E-state index is -2.89. The van der Waals surface area contributed by atoms with E-state index >= 15 is 0 Å². The lowest BCUT2D eigenvalue weighted by Gasteiger charge is -2.15. The molecule has 0 aliphatic heterocycles. The van der Waals surface area contributed by atoms with E-state index in [0.29, 0.717) is 13.0 Å². The molecule has 0 amide bonds. The Hall–Kier alpha value is -0.390. The SMILES string of the molecule is CCCS(=O)(=O)CCN[C@@H](C)c1ccccc1Br. The van der Waals surface area contributed by atoms with Crippen molar-refractivity contribution in [2.45, 2.75) is 26.3 Å². The Kier molecular flexibility index (Phi) is 6.32. The van der Waals surface area contributed by atoms with Gasteiger partial charge < -0.3 is 5.32 Å². The average molecular weight is 334 g/mol. The van der Waals surface area contributed by atoms with Crippen LogP contribution in [0.25, 0.3) is 0 Å². The number of halogens is 1. The topological polar surface area (TPSA) is 46.2 Å². The van der Waals surface area contributed by atoms with E-state index in [1.807, 2.05) is 38.1 Å². The van der Waals surface area contributed by atoms with Crippen LogP contribution < -0.4 is 5.32 Å². The number of hydrogen-bond acceptors (Lipinski definition) is 3. The molecule has 1 N–H and O–H groups in total. The van der Waals surface area contributed by atoms with Gasteiger partial charge in [0.05, 0.1) is 5.75 Å². The van der Waals surface area contributed by atoms with Gasteiger partial charge >= 0.3 is 0 Å². The van der Waals surface area contributed by atoms with Gasteiger partial charge in [-0.2, -0.15) is 0 Å². The van der Waals surface area contributed by atoms with Crippen LogP contribution in [0.4, 0.5) is 0 Å². The molecule has 0 fully saturated rings. The average Bonchev–Trinajstić information content (AvgIpc) is 2.29. The molecule has 0 radical (unpaired) electrons. The Bertz CT molecular complexity index is 474. The zero-order valence-electron chi connectivity index (χ0n) is 10.8. The highest BCUT2D eigenvalue weighted by Crippen LogP contribution is 2.22.